The molecule has 252 valence electrons. The average molecular weight is 655 g/mol. The van der Waals surface area contributed by atoms with E-state index in [1.54, 1.807) is 13.8 Å². The summed E-state index contributed by atoms with van der Waals surface area (Å²) in [5.74, 6) is -3.32. The average Bonchev–Trinajstić information content (AvgIpc) is 3.32. The zero-order chi connectivity index (χ0) is 34.4. The fourth-order valence-corrected chi connectivity index (χ4v) is 4.19. The maximum atomic E-state index is 14.5. The number of rotatable bonds is 1. The molecule has 0 aromatic carbocycles. The van der Waals surface area contributed by atoms with Gasteiger partial charge in [-0.3, -0.25) is 0 Å². The van der Waals surface area contributed by atoms with Crippen LogP contribution in [-0.4, -0.2) is 56.5 Å². The molecule has 4 bridgehead atoms. The highest BCUT2D eigenvalue weighted by Gasteiger charge is 2.58. The van der Waals surface area contributed by atoms with Gasteiger partial charge in [0.15, 0.2) is 5.69 Å². The zero-order valence-corrected chi connectivity index (χ0v) is 26.1. The first-order valence-corrected chi connectivity index (χ1v) is 13.9. The van der Waals surface area contributed by atoms with Crippen LogP contribution in [0.1, 0.15) is 92.5 Å². The summed E-state index contributed by atoms with van der Waals surface area (Å²) in [6.07, 6.45) is -14.2. The van der Waals surface area contributed by atoms with Gasteiger partial charge in [-0.05, 0) is 72.3 Å². The Morgan fingerprint density at radius 2 is 1.44 bits per heavy atom. The summed E-state index contributed by atoms with van der Waals surface area (Å²) in [6, 6.07) is 0.324. The largest absolute Gasteiger partial charge is 0.477 e. The van der Waals surface area contributed by atoms with E-state index in [9.17, 15) is 41.0 Å². The summed E-state index contributed by atoms with van der Waals surface area (Å²) in [5.41, 5.74) is -10.4. The lowest BCUT2D eigenvalue weighted by Gasteiger charge is -2.30. The molecule has 1 aliphatic heterocycles. The maximum Gasteiger partial charge on any atom is 0.426 e. The first-order chi connectivity index (χ1) is 20.2. The third-order valence-electron chi connectivity index (χ3n) is 6.36. The molecule has 0 fully saturated rings. The van der Waals surface area contributed by atoms with Crippen molar-refractivity contribution in [2.45, 2.75) is 110 Å². The highest BCUT2D eigenvalue weighted by atomic mass is 19.4. The number of carbonyl (C=O) groups is 2. The number of pyridine rings is 1. The SMILES string of the molecule is CC1(C)CCCC[C@](O)(C(F)(F)F)c2nnc(o2)-c2nc(c(C(F)(F)F)cc2N(C(=O)OC(C)(C)C)C(=O)OC(C)(C)C)OC1. The van der Waals surface area contributed by atoms with E-state index >= 15 is 0 Å². The predicted molar refractivity (Wildman–Crippen MR) is 145 cm³/mol. The molecule has 1 aliphatic rings. The van der Waals surface area contributed by atoms with Crippen molar-refractivity contribution < 1.29 is 59.7 Å². The summed E-state index contributed by atoms with van der Waals surface area (Å²) in [7, 11) is 0. The molecule has 2 amide bonds. The van der Waals surface area contributed by atoms with Crippen molar-refractivity contribution in [1.82, 2.24) is 15.2 Å². The van der Waals surface area contributed by atoms with Gasteiger partial charge >= 0.3 is 24.5 Å². The molecular weight excluding hydrogens is 618 g/mol. The van der Waals surface area contributed by atoms with Crippen LogP contribution in [0.3, 0.4) is 0 Å². The number of fused-ring (bicyclic) bond motifs is 5. The van der Waals surface area contributed by atoms with Gasteiger partial charge in [-0.1, -0.05) is 20.3 Å². The molecule has 0 unspecified atom stereocenters. The van der Waals surface area contributed by atoms with Crippen molar-refractivity contribution in [2.24, 2.45) is 5.41 Å². The zero-order valence-electron chi connectivity index (χ0n) is 26.1. The van der Waals surface area contributed by atoms with E-state index in [0.717, 1.165) is 0 Å². The van der Waals surface area contributed by atoms with E-state index in [0.29, 0.717) is 6.07 Å². The summed E-state index contributed by atoms with van der Waals surface area (Å²) in [4.78, 5) is 30.7. The Hall–Kier alpha value is -3.63. The number of amides is 2. The molecule has 45 heavy (non-hydrogen) atoms. The van der Waals surface area contributed by atoms with Crippen LogP contribution in [0.4, 0.5) is 41.6 Å². The second-order valence-corrected chi connectivity index (χ2v) is 13.4. The van der Waals surface area contributed by atoms with Crippen molar-refractivity contribution in [2.75, 3.05) is 11.5 Å². The van der Waals surface area contributed by atoms with Gasteiger partial charge < -0.3 is 23.7 Å². The number of alkyl halides is 6. The molecule has 17 heteroatoms. The van der Waals surface area contributed by atoms with Crippen LogP contribution in [0.2, 0.25) is 0 Å². The van der Waals surface area contributed by atoms with Crippen molar-refractivity contribution in [1.29, 1.82) is 0 Å². The lowest BCUT2D eigenvalue weighted by atomic mass is 9.86. The molecule has 1 N–H and O–H groups in total. The lowest BCUT2D eigenvalue weighted by Crippen LogP contribution is -2.44. The number of anilines is 1. The number of ether oxygens (including phenoxy) is 3. The van der Waals surface area contributed by atoms with Crippen molar-refractivity contribution in [3.05, 3.63) is 17.5 Å². The van der Waals surface area contributed by atoms with Gasteiger partial charge in [0.05, 0.1) is 12.3 Å². The minimum Gasteiger partial charge on any atom is -0.477 e. The fraction of sp³-hybridized carbons (Fsp3) is 0.679. The minimum absolute atomic E-state index is 0.0880. The minimum atomic E-state index is -5.30. The highest BCUT2D eigenvalue weighted by molar-refractivity contribution is 6.11. The third-order valence-corrected chi connectivity index (χ3v) is 6.36. The maximum absolute atomic E-state index is 14.5. The van der Waals surface area contributed by atoms with Crippen molar-refractivity contribution in [3.8, 4) is 17.5 Å². The summed E-state index contributed by atoms with van der Waals surface area (Å²) in [6.45, 7) is 11.4. The number of halogens is 6. The van der Waals surface area contributed by atoms with Crippen LogP contribution in [0.5, 0.6) is 5.88 Å². The van der Waals surface area contributed by atoms with Crippen LogP contribution in [0.15, 0.2) is 10.5 Å². The quantitative estimate of drug-likeness (QED) is 0.307. The highest BCUT2D eigenvalue weighted by Crippen LogP contribution is 2.46. The second-order valence-electron chi connectivity index (χ2n) is 13.4. The van der Waals surface area contributed by atoms with E-state index in [4.69, 9.17) is 18.6 Å². The van der Waals surface area contributed by atoms with Crippen molar-refractivity contribution >= 4 is 17.9 Å². The fourth-order valence-electron chi connectivity index (χ4n) is 4.19. The van der Waals surface area contributed by atoms with Gasteiger partial charge in [-0.2, -0.15) is 31.2 Å². The van der Waals surface area contributed by atoms with Crippen molar-refractivity contribution in [3.63, 3.8) is 0 Å². The van der Waals surface area contributed by atoms with Crippen LogP contribution >= 0.6 is 0 Å². The smallest absolute Gasteiger partial charge is 0.426 e. The normalized spacial score (nSPS) is 19.6. The lowest BCUT2D eigenvalue weighted by molar-refractivity contribution is -0.277. The number of hydrogen-bond donors (Lipinski definition) is 1. The standard InChI is InChI=1S/C28H36F6N4O7/c1-23(2,3)44-21(39)38(22(40)45-24(4,5)6)16-13-15(27(29,30)31)18-35-17(16)19-36-37-20(43-19)26(41,28(32,33)34)12-10-9-11-25(7,8)14-42-18/h13,41H,9-12,14H2,1-8H3/t26-/m1/s1. The summed E-state index contributed by atoms with van der Waals surface area (Å²) < 4.78 is 107. The van der Waals surface area contributed by atoms with Gasteiger partial charge in [0, 0.05) is 0 Å². The number of hydrogen-bond acceptors (Lipinski definition) is 10. The molecule has 0 spiro atoms. The van der Waals surface area contributed by atoms with Gasteiger partial charge in [0.1, 0.15) is 16.8 Å². The Morgan fingerprint density at radius 3 is 1.93 bits per heavy atom. The Labute approximate surface area is 255 Å². The molecular formula is C28H36F6N4O7. The monoisotopic (exact) mass is 654 g/mol. The number of nitrogens with zero attached hydrogens (tertiary/aromatic N) is 4. The molecule has 0 saturated carbocycles. The Bertz CT molecular complexity index is 1380. The molecule has 0 saturated heterocycles. The number of imide groups is 1. The van der Waals surface area contributed by atoms with Gasteiger partial charge in [0.2, 0.25) is 11.5 Å². The predicted octanol–water partition coefficient (Wildman–Crippen LogP) is 7.56. The molecule has 2 aromatic heterocycles. The molecule has 1 atom stereocenters. The summed E-state index contributed by atoms with van der Waals surface area (Å²) in [5, 5.41) is 17.6. The third kappa shape index (κ3) is 8.55. The first kappa shape index (κ1) is 35.8. The molecule has 0 aliphatic carbocycles. The Kier molecular flexibility index (Phi) is 9.52. The Morgan fingerprint density at radius 1 is 0.911 bits per heavy atom. The molecule has 3 heterocycles. The Balaban J connectivity index is 2.43. The van der Waals surface area contributed by atoms with Crippen LogP contribution in [0, 0.1) is 5.41 Å². The molecule has 0 radical (unpaired) electrons. The number of aliphatic hydroxyl groups is 1. The second kappa shape index (κ2) is 11.9. The molecule has 11 nitrogen and oxygen atoms in total. The molecule has 2 aromatic rings. The van der Waals surface area contributed by atoms with Gasteiger partial charge in [-0.25, -0.2) is 14.6 Å². The molecule has 3 rings (SSSR count). The van der Waals surface area contributed by atoms with E-state index < -0.39 is 87.8 Å². The van der Waals surface area contributed by atoms with Gasteiger partial charge in [0.25, 0.3) is 11.8 Å². The van der Waals surface area contributed by atoms with Crippen LogP contribution < -0.4 is 9.64 Å². The number of aromatic nitrogens is 3. The van der Waals surface area contributed by atoms with Crippen LogP contribution in [-0.2, 0) is 21.3 Å². The van der Waals surface area contributed by atoms with E-state index in [2.05, 4.69) is 15.2 Å². The van der Waals surface area contributed by atoms with E-state index in [1.165, 1.54) is 41.5 Å². The number of carbonyl (C=O) groups excluding carboxylic acids is 2. The summed E-state index contributed by atoms with van der Waals surface area (Å²) >= 11 is 0. The van der Waals surface area contributed by atoms with Gasteiger partial charge in [-0.15, -0.1) is 10.2 Å². The van der Waals surface area contributed by atoms with E-state index in [-0.39, 0.29) is 30.8 Å². The topological polar surface area (TPSA) is 137 Å². The first-order valence-electron chi connectivity index (χ1n) is 13.9. The van der Waals surface area contributed by atoms with Crippen LogP contribution in [0.25, 0.3) is 11.6 Å². The van der Waals surface area contributed by atoms with E-state index in [1.807, 2.05) is 0 Å².